The Morgan fingerprint density at radius 3 is 2.76 bits per heavy atom. The van der Waals surface area contributed by atoms with E-state index in [1.165, 1.54) is 26.4 Å². The highest BCUT2D eigenvalue weighted by Gasteiger charge is 2.33. The molecule has 1 aliphatic heterocycles. The summed E-state index contributed by atoms with van der Waals surface area (Å²) in [5, 5.41) is 7.20. The second kappa shape index (κ2) is 10.3. The van der Waals surface area contributed by atoms with Crippen LogP contribution >= 0.6 is 0 Å². The zero-order valence-corrected chi connectivity index (χ0v) is 19.8. The number of ketones is 1. The number of carbonyl (C=O) groups is 3. The Morgan fingerprint density at radius 1 is 1.27 bits per heavy atom. The molecule has 14 heteroatoms. The van der Waals surface area contributed by atoms with Crippen molar-refractivity contribution < 1.29 is 32.3 Å². The second-order valence-electron chi connectivity index (χ2n) is 8.40. The van der Waals surface area contributed by atoms with Gasteiger partial charge in [-0.3, -0.25) is 18.8 Å². The molecule has 2 amide bonds. The van der Waals surface area contributed by atoms with Gasteiger partial charge in [-0.25, -0.2) is 9.78 Å². The number of amides is 2. The number of rotatable bonds is 9. The standard InChI is InChI=1S/C23H24F3N7O4/c1-2-4-17(34)11-31-12-28-19-18(21(31)35)33(13-37-22(27)36)20(30-19)15-8-29-32(10-15)9-14-5-3-6-16(7-14)23(24,25)26/h3,5-8,10,28H,2,4,9,11-13H2,1H3,(H2,27,36). The van der Waals surface area contributed by atoms with Gasteiger partial charge in [-0.05, 0) is 24.1 Å². The smallest absolute Gasteiger partial charge is 0.416 e. The summed E-state index contributed by atoms with van der Waals surface area (Å²) in [7, 11) is 0. The fourth-order valence-electron chi connectivity index (χ4n) is 3.96. The number of nitrogens with one attached hydrogen (secondary N) is 1. The molecule has 4 rings (SSSR count). The van der Waals surface area contributed by atoms with Gasteiger partial charge in [-0.1, -0.05) is 19.1 Å². The molecule has 3 aromatic rings. The fourth-order valence-corrected chi connectivity index (χ4v) is 3.96. The van der Waals surface area contributed by atoms with Crippen LogP contribution in [0.4, 0.5) is 23.8 Å². The molecule has 0 aliphatic carbocycles. The number of carbonyl (C=O) groups excluding carboxylic acids is 3. The number of benzene rings is 1. The Bertz CT molecular complexity index is 1330. The van der Waals surface area contributed by atoms with Crippen molar-refractivity contribution in [2.75, 3.05) is 18.5 Å². The maximum absolute atomic E-state index is 13.2. The van der Waals surface area contributed by atoms with Gasteiger partial charge in [0.05, 0.1) is 37.1 Å². The molecule has 196 valence electrons. The molecule has 3 N–H and O–H groups in total. The van der Waals surface area contributed by atoms with Crippen molar-refractivity contribution in [3.63, 3.8) is 0 Å². The molecule has 37 heavy (non-hydrogen) atoms. The molecule has 0 atom stereocenters. The van der Waals surface area contributed by atoms with Gasteiger partial charge in [0.25, 0.3) is 5.91 Å². The molecule has 0 radical (unpaired) electrons. The minimum absolute atomic E-state index is 0.0482. The molecular weight excluding hydrogens is 495 g/mol. The van der Waals surface area contributed by atoms with Crippen molar-refractivity contribution in [1.82, 2.24) is 24.2 Å². The first-order chi connectivity index (χ1) is 17.6. The highest BCUT2D eigenvalue weighted by atomic mass is 19.4. The number of primary amides is 1. The summed E-state index contributed by atoms with van der Waals surface area (Å²) in [6, 6.07) is 4.90. The van der Waals surface area contributed by atoms with Gasteiger partial charge < -0.3 is 20.7 Å². The van der Waals surface area contributed by atoms with Crippen molar-refractivity contribution in [2.45, 2.75) is 39.2 Å². The first-order valence-electron chi connectivity index (χ1n) is 11.3. The quantitative estimate of drug-likeness (QED) is 0.443. The number of nitrogens with two attached hydrogens (primary N) is 1. The van der Waals surface area contributed by atoms with E-state index in [4.69, 9.17) is 10.5 Å². The molecule has 0 saturated carbocycles. The predicted octanol–water partition coefficient (Wildman–Crippen LogP) is 3.06. The van der Waals surface area contributed by atoms with Gasteiger partial charge in [0.15, 0.2) is 24.0 Å². The number of halogens is 3. The topological polar surface area (TPSA) is 137 Å². The summed E-state index contributed by atoms with van der Waals surface area (Å²) in [6.45, 7) is 1.44. The van der Waals surface area contributed by atoms with Gasteiger partial charge >= 0.3 is 12.3 Å². The number of hydrogen-bond donors (Lipinski definition) is 2. The van der Waals surface area contributed by atoms with Crippen LogP contribution in [-0.4, -0.2) is 55.2 Å². The number of anilines is 1. The molecule has 0 spiro atoms. The monoisotopic (exact) mass is 519 g/mol. The van der Waals surface area contributed by atoms with E-state index >= 15 is 0 Å². The lowest BCUT2D eigenvalue weighted by Crippen LogP contribution is -2.43. The summed E-state index contributed by atoms with van der Waals surface area (Å²) in [4.78, 5) is 42.4. The Kier molecular flexibility index (Phi) is 7.18. The van der Waals surface area contributed by atoms with E-state index in [1.807, 2.05) is 6.92 Å². The van der Waals surface area contributed by atoms with E-state index in [1.54, 1.807) is 12.3 Å². The van der Waals surface area contributed by atoms with Crippen LogP contribution in [0.5, 0.6) is 0 Å². The molecule has 1 aromatic carbocycles. The van der Waals surface area contributed by atoms with Crippen LogP contribution in [0.1, 0.15) is 41.4 Å². The number of aromatic nitrogens is 4. The largest absolute Gasteiger partial charge is 0.428 e. The van der Waals surface area contributed by atoms with Crippen molar-refractivity contribution in [2.24, 2.45) is 5.73 Å². The highest BCUT2D eigenvalue weighted by molar-refractivity contribution is 6.01. The van der Waals surface area contributed by atoms with Gasteiger partial charge in [0.2, 0.25) is 0 Å². The van der Waals surface area contributed by atoms with Gasteiger partial charge in [-0.2, -0.15) is 18.3 Å². The minimum atomic E-state index is -4.47. The van der Waals surface area contributed by atoms with Crippen LogP contribution in [0, 0.1) is 0 Å². The highest BCUT2D eigenvalue weighted by Crippen LogP contribution is 2.31. The van der Waals surface area contributed by atoms with Crippen LogP contribution in [-0.2, 0) is 29.0 Å². The molecule has 1 aliphatic rings. The normalized spacial score (nSPS) is 13.3. The summed E-state index contributed by atoms with van der Waals surface area (Å²) in [5.41, 5.74) is 5.22. The number of alkyl halides is 3. The number of nitrogens with zero attached hydrogens (tertiary/aromatic N) is 5. The number of Topliss-reactive ketones (excluding diaryl/α,β-unsaturated/α-hetero) is 1. The first kappa shape index (κ1) is 25.7. The SMILES string of the molecule is CCCC(=O)CN1CNc2nc(-c3cnn(Cc4cccc(C(F)(F)F)c4)c3)n(COC(N)=O)c2C1=O. The number of ether oxygens (including phenoxy) is 1. The van der Waals surface area contributed by atoms with Gasteiger partial charge in [0.1, 0.15) is 5.82 Å². The molecule has 0 saturated heterocycles. The van der Waals surface area contributed by atoms with E-state index in [0.717, 1.165) is 12.1 Å². The summed E-state index contributed by atoms with van der Waals surface area (Å²) in [5.74, 6) is -0.153. The van der Waals surface area contributed by atoms with E-state index in [0.29, 0.717) is 24.0 Å². The minimum Gasteiger partial charge on any atom is -0.428 e. The van der Waals surface area contributed by atoms with Crippen molar-refractivity contribution >= 4 is 23.6 Å². The zero-order chi connectivity index (χ0) is 26.7. The molecule has 11 nitrogen and oxygen atoms in total. The van der Waals surface area contributed by atoms with Crippen LogP contribution < -0.4 is 11.1 Å². The summed E-state index contributed by atoms with van der Waals surface area (Å²) in [6.07, 6.45) is -1.59. The number of hydrogen-bond acceptors (Lipinski definition) is 7. The van der Waals surface area contributed by atoms with Gasteiger partial charge in [0, 0.05) is 12.6 Å². The van der Waals surface area contributed by atoms with Crippen molar-refractivity contribution in [3.8, 4) is 11.4 Å². The average molecular weight is 519 g/mol. The zero-order valence-electron chi connectivity index (χ0n) is 19.8. The Labute approximate surface area is 209 Å². The third-order valence-electron chi connectivity index (χ3n) is 5.62. The van der Waals surface area contributed by atoms with E-state index in [9.17, 15) is 27.6 Å². The van der Waals surface area contributed by atoms with E-state index < -0.39 is 30.5 Å². The van der Waals surface area contributed by atoms with Crippen LogP contribution in [0.2, 0.25) is 0 Å². The van der Waals surface area contributed by atoms with Crippen molar-refractivity contribution in [3.05, 3.63) is 53.5 Å². The van der Waals surface area contributed by atoms with Crippen LogP contribution in [0.15, 0.2) is 36.7 Å². The average Bonchev–Trinajstić information content (AvgIpc) is 3.44. The van der Waals surface area contributed by atoms with Crippen molar-refractivity contribution in [1.29, 1.82) is 0 Å². The first-order valence-corrected chi connectivity index (χ1v) is 11.3. The molecule has 2 aromatic heterocycles. The lowest BCUT2D eigenvalue weighted by atomic mass is 10.1. The molecule has 0 bridgehead atoms. The lowest BCUT2D eigenvalue weighted by Gasteiger charge is -2.27. The third kappa shape index (κ3) is 5.73. The van der Waals surface area contributed by atoms with Gasteiger partial charge in [-0.15, -0.1) is 0 Å². The number of imidazole rings is 1. The Morgan fingerprint density at radius 2 is 2.05 bits per heavy atom. The predicted molar refractivity (Wildman–Crippen MR) is 124 cm³/mol. The maximum Gasteiger partial charge on any atom is 0.416 e. The fraction of sp³-hybridized carbons (Fsp3) is 0.348. The van der Waals surface area contributed by atoms with Crippen LogP contribution in [0.3, 0.4) is 0 Å². The van der Waals surface area contributed by atoms with Crippen LogP contribution in [0.25, 0.3) is 11.4 Å². The molecular formula is C23H24F3N7O4. The third-order valence-corrected chi connectivity index (χ3v) is 5.62. The molecule has 0 unspecified atom stereocenters. The van der Waals surface area contributed by atoms with E-state index in [-0.39, 0.29) is 42.9 Å². The summed E-state index contributed by atoms with van der Waals surface area (Å²) >= 11 is 0. The Hall–Kier alpha value is -4.36. The van der Waals surface area contributed by atoms with E-state index in [2.05, 4.69) is 15.4 Å². The summed E-state index contributed by atoms with van der Waals surface area (Å²) < 4.78 is 46.8. The molecule has 3 heterocycles. The lowest BCUT2D eigenvalue weighted by molar-refractivity contribution is -0.137. The maximum atomic E-state index is 13.2. The second-order valence-corrected chi connectivity index (χ2v) is 8.40. The number of fused-ring (bicyclic) bond motifs is 1. The Balaban J connectivity index is 1.64. The molecule has 0 fully saturated rings.